The summed E-state index contributed by atoms with van der Waals surface area (Å²) in [6, 6.07) is 7.04. The molecule has 0 unspecified atom stereocenters. The number of benzene rings is 1. The van der Waals surface area contributed by atoms with E-state index in [1.165, 1.54) is 0 Å². The molecule has 18 heavy (non-hydrogen) atoms. The summed E-state index contributed by atoms with van der Waals surface area (Å²) in [5.41, 5.74) is 3.50. The van der Waals surface area contributed by atoms with Crippen molar-refractivity contribution < 1.29 is 9.53 Å². The SMILES string of the molecule is O=C(COc1ccccc1Cl)N/N=C1\CCSC1. The average Bonchev–Trinajstić information content (AvgIpc) is 2.88. The minimum atomic E-state index is -0.278. The molecule has 1 amide bonds. The summed E-state index contributed by atoms with van der Waals surface area (Å²) in [5, 5.41) is 4.53. The van der Waals surface area contributed by atoms with Crippen LogP contribution in [0.25, 0.3) is 0 Å². The van der Waals surface area contributed by atoms with Gasteiger partial charge >= 0.3 is 0 Å². The molecule has 0 aliphatic carbocycles. The van der Waals surface area contributed by atoms with E-state index in [-0.39, 0.29) is 12.5 Å². The maximum Gasteiger partial charge on any atom is 0.277 e. The Labute approximate surface area is 115 Å². The Morgan fingerprint density at radius 3 is 3.06 bits per heavy atom. The van der Waals surface area contributed by atoms with Crippen LogP contribution in [0.4, 0.5) is 0 Å². The second kappa shape index (κ2) is 6.66. The number of hydrazone groups is 1. The summed E-state index contributed by atoms with van der Waals surface area (Å²) < 4.78 is 5.30. The van der Waals surface area contributed by atoms with Crippen molar-refractivity contribution in [1.82, 2.24) is 5.43 Å². The molecule has 1 saturated heterocycles. The summed E-state index contributed by atoms with van der Waals surface area (Å²) >= 11 is 7.72. The lowest BCUT2D eigenvalue weighted by Crippen LogP contribution is -2.25. The normalized spacial score (nSPS) is 16.8. The van der Waals surface area contributed by atoms with Gasteiger partial charge in [-0.05, 0) is 24.3 Å². The third kappa shape index (κ3) is 3.92. The number of nitrogens with one attached hydrogen (secondary N) is 1. The molecule has 1 aromatic rings. The first-order valence-corrected chi connectivity index (χ1v) is 7.08. The highest BCUT2D eigenvalue weighted by molar-refractivity contribution is 8.00. The standard InChI is InChI=1S/C12H13ClN2O2S/c13-10-3-1-2-4-11(10)17-7-12(16)15-14-9-5-6-18-8-9/h1-4H,5-8H2,(H,15,16)/b14-9+. The van der Waals surface area contributed by atoms with E-state index in [0.29, 0.717) is 10.8 Å². The van der Waals surface area contributed by atoms with Crippen LogP contribution in [0, 0.1) is 0 Å². The Bertz CT molecular complexity index is 457. The van der Waals surface area contributed by atoms with Crippen LogP contribution in [0.15, 0.2) is 29.4 Å². The van der Waals surface area contributed by atoms with E-state index in [9.17, 15) is 4.79 Å². The fraction of sp³-hybridized carbons (Fsp3) is 0.333. The van der Waals surface area contributed by atoms with Crippen molar-refractivity contribution in [2.45, 2.75) is 6.42 Å². The van der Waals surface area contributed by atoms with Gasteiger partial charge in [0, 0.05) is 11.5 Å². The van der Waals surface area contributed by atoms with E-state index < -0.39 is 0 Å². The summed E-state index contributed by atoms with van der Waals surface area (Å²) in [5.74, 6) is 2.19. The predicted octanol–water partition coefficient (Wildman–Crippen LogP) is 2.33. The summed E-state index contributed by atoms with van der Waals surface area (Å²) in [6.07, 6.45) is 0.941. The molecule has 1 fully saturated rings. The van der Waals surface area contributed by atoms with Crippen LogP contribution in [0.5, 0.6) is 5.75 Å². The lowest BCUT2D eigenvalue weighted by atomic mass is 10.3. The highest BCUT2D eigenvalue weighted by Crippen LogP contribution is 2.22. The Morgan fingerprint density at radius 2 is 2.33 bits per heavy atom. The molecular weight excluding hydrogens is 272 g/mol. The van der Waals surface area contributed by atoms with E-state index in [2.05, 4.69) is 10.5 Å². The van der Waals surface area contributed by atoms with Crippen molar-refractivity contribution in [3.8, 4) is 5.75 Å². The van der Waals surface area contributed by atoms with Crippen LogP contribution >= 0.6 is 23.4 Å². The molecule has 1 N–H and O–H groups in total. The molecule has 4 nitrogen and oxygen atoms in total. The molecule has 2 rings (SSSR count). The van der Waals surface area contributed by atoms with Crippen molar-refractivity contribution in [2.75, 3.05) is 18.1 Å². The molecule has 0 aromatic heterocycles. The predicted molar refractivity (Wildman–Crippen MR) is 74.5 cm³/mol. The van der Waals surface area contributed by atoms with Gasteiger partial charge in [0.1, 0.15) is 5.75 Å². The first-order chi connectivity index (χ1) is 8.75. The molecule has 0 bridgehead atoms. The largest absolute Gasteiger partial charge is 0.482 e. The quantitative estimate of drug-likeness (QED) is 0.864. The van der Waals surface area contributed by atoms with Gasteiger partial charge in [0.15, 0.2) is 6.61 Å². The molecule has 1 aliphatic rings. The number of hydrogen-bond acceptors (Lipinski definition) is 4. The summed E-state index contributed by atoms with van der Waals surface area (Å²) in [7, 11) is 0. The topological polar surface area (TPSA) is 50.7 Å². The highest BCUT2D eigenvalue weighted by atomic mass is 35.5. The van der Waals surface area contributed by atoms with Crippen LogP contribution in [0.1, 0.15) is 6.42 Å². The van der Waals surface area contributed by atoms with Crippen LogP contribution in [0.3, 0.4) is 0 Å². The van der Waals surface area contributed by atoms with Crippen molar-refractivity contribution in [3.05, 3.63) is 29.3 Å². The Balaban J connectivity index is 1.78. The first-order valence-electron chi connectivity index (χ1n) is 5.55. The van der Waals surface area contributed by atoms with E-state index in [4.69, 9.17) is 16.3 Å². The monoisotopic (exact) mass is 284 g/mol. The van der Waals surface area contributed by atoms with Gasteiger partial charge in [-0.1, -0.05) is 23.7 Å². The van der Waals surface area contributed by atoms with Gasteiger partial charge in [-0.25, -0.2) is 5.43 Å². The molecule has 1 aromatic carbocycles. The van der Waals surface area contributed by atoms with Crippen molar-refractivity contribution in [1.29, 1.82) is 0 Å². The highest BCUT2D eigenvalue weighted by Gasteiger charge is 2.09. The zero-order valence-electron chi connectivity index (χ0n) is 9.69. The minimum Gasteiger partial charge on any atom is -0.482 e. The van der Waals surface area contributed by atoms with E-state index in [1.54, 1.807) is 24.3 Å². The zero-order valence-corrected chi connectivity index (χ0v) is 11.3. The molecule has 0 radical (unpaired) electrons. The van der Waals surface area contributed by atoms with Crippen molar-refractivity contribution in [3.63, 3.8) is 0 Å². The molecule has 1 heterocycles. The van der Waals surface area contributed by atoms with Crippen LogP contribution in [0.2, 0.25) is 5.02 Å². The third-order valence-corrected chi connectivity index (χ3v) is 3.68. The second-order valence-electron chi connectivity index (χ2n) is 3.73. The third-order valence-electron chi connectivity index (χ3n) is 2.34. The van der Waals surface area contributed by atoms with E-state index >= 15 is 0 Å². The zero-order chi connectivity index (χ0) is 12.8. The fourth-order valence-electron chi connectivity index (χ4n) is 1.42. The van der Waals surface area contributed by atoms with Gasteiger partial charge in [-0.15, -0.1) is 0 Å². The van der Waals surface area contributed by atoms with Crippen LogP contribution in [-0.4, -0.2) is 29.7 Å². The van der Waals surface area contributed by atoms with Gasteiger partial charge in [-0.2, -0.15) is 16.9 Å². The number of nitrogens with zero attached hydrogens (tertiary/aromatic N) is 1. The number of thioether (sulfide) groups is 1. The summed E-state index contributed by atoms with van der Waals surface area (Å²) in [4.78, 5) is 11.5. The van der Waals surface area contributed by atoms with E-state index in [1.807, 2.05) is 11.8 Å². The smallest absolute Gasteiger partial charge is 0.277 e. The summed E-state index contributed by atoms with van der Waals surface area (Å²) in [6.45, 7) is -0.0896. The van der Waals surface area contributed by atoms with Crippen molar-refractivity contribution >= 4 is 35.0 Å². The van der Waals surface area contributed by atoms with Gasteiger partial charge in [0.05, 0.1) is 5.02 Å². The Hall–Kier alpha value is -1.20. The van der Waals surface area contributed by atoms with Crippen LogP contribution in [-0.2, 0) is 4.79 Å². The number of carbonyl (C=O) groups is 1. The van der Waals surface area contributed by atoms with Crippen molar-refractivity contribution in [2.24, 2.45) is 5.10 Å². The number of hydrogen-bond donors (Lipinski definition) is 1. The van der Waals surface area contributed by atoms with Gasteiger partial charge in [-0.3, -0.25) is 4.79 Å². The van der Waals surface area contributed by atoms with Crippen LogP contribution < -0.4 is 10.2 Å². The van der Waals surface area contributed by atoms with Gasteiger partial charge in [0.2, 0.25) is 0 Å². The molecule has 6 heteroatoms. The van der Waals surface area contributed by atoms with Gasteiger partial charge < -0.3 is 4.74 Å². The maximum atomic E-state index is 11.5. The number of amides is 1. The van der Waals surface area contributed by atoms with Gasteiger partial charge in [0.25, 0.3) is 5.91 Å². The number of para-hydroxylation sites is 1. The molecule has 0 spiro atoms. The molecule has 0 saturated carbocycles. The number of carbonyl (C=O) groups excluding carboxylic acids is 1. The number of rotatable bonds is 4. The Morgan fingerprint density at radius 1 is 1.50 bits per heavy atom. The number of halogens is 1. The Kier molecular flexibility index (Phi) is 4.90. The molecule has 1 aliphatic heterocycles. The fourth-order valence-corrected chi connectivity index (χ4v) is 2.58. The molecule has 0 atom stereocenters. The second-order valence-corrected chi connectivity index (χ2v) is 5.25. The molecule has 96 valence electrons. The molecular formula is C12H13ClN2O2S. The number of ether oxygens (including phenoxy) is 1. The lowest BCUT2D eigenvalue weighted by molar-refractivity contribution is -0.123. The van der Waals surface area contributed by atoms with E-state index in [0.717, 1.165) is 23.6 Å². The average molecular weight is 285 g/mol. The lowest BCUT2D eigenvalue weighted by Gasteiger charge is -2.06. The first kappa shape index (κ1) is 13.2. The maximum absolute atomic E-state index is 11.5. The minimum absolute atomic E-state index is 0.0896.